The van der Waals surface area contributed by atoms with Crippen LogP contribution in [-0.4, -0.2) is 89.9 Å². The maximum Gasteiger partial charge on any atom is 0.336 e. The van der Waals surface area contributed by atoms with Gasteiger partial charge in [-0.1, -0.05) is 6.92 Å². The number of hydrogen-bond acceptors (Lipinski definition) is 16. The van der Waals surface area contributed by atoms with Gasteiger partial charge in [0, 0.05) is 18.9 Å². The third-order valence-corrected chi connectivity index (χ3v) is 10.3. The lowest BCUT2D eigenvalue weighted by atomic mass is 10.0. The summed E-state index contributed by atoms with van der Waals surface area (Å²) in [6.45, 7) is -2.91. The van der Waals surface area contributed by atoms with Crippen molar-refractivity contribution in [3.63, 3.8) is 0 Å². The van der Waals surface area contributed by atoms with Gasteiger partial charge in [-0.2, -0.15) is 18.1 Å². The molecule has 2 bridgehead atoms. The molecule has 3 saturated heterocycles. The van der Waals surface area contributed by atoms with E-state index in [1.165, 1.54) is 23.5 Å². The smallest absolute Gasteiger partial charge is 0.336 e. The average Bonchev–Trinajstić information content (AvgIpc) is 3.72. The minimum atomic E-state index is -4.36. The molecule has 3 aliphatic rings. The van der Waals surface area contributed by atoms with Crippen LogP contribution in [0.4, 0.5) is 11.8 Å². The van der Waals surface area contributed by atoms with Crippen molar-refractivity contribution in [3.8, 4) is 0 Å². The van der Waals surface area contributed by atoms with Gasteiger partial charge in [-0.05, 0) is 11.8 Å². The van der Waals surface area contributed by atoms with E-state index in [0.717, 1.165) is 0 Å². The first kappa shape index (κ1) is 29.5. The van der Waals surface area contributed by atoms with Crippen molar-refractivity contribution >= 4 is 62.9 Å². The highest BCUT2D eigenvalue weighted by Gasteiger charge is 2.49. The van der Waals surface area contributed by atoms with Crippen LogP contribution in [-0.2, 0) is 44.8 Å². The summed E-state index contributed by atoms with van der Waals surface area (Å²) in [7, 11) is -4.36. The SMILES string of the molecule is C[C@H]1[C@H]2OP(O)(=S)OC[C@H]3OC(n4cnc5c(N)ncnc54)C[C@@H]3OS(=O)(=O)NC[C@H]1O[C@H]2n1cnc2c(=O)[nH]c(N)nc21. The highest BCUT2D eigenvalue weighted by molar-refractivity contribution is 8.07. The Morgan fingerprint density at radius 1 is 1.07 bits per heavy atom. The molecule has 0 spiro atoms. The summed E-state index contributed by atoms with van der Waals surface area (Å²) in [5.74, 6) is -0.545. The molecular weight excluding hydrogens is 645 g/mol. The molecule has 0 aliphatic carbocycles. The van der Waals surface area contributed by atoms with Gasteiger partial charge in [-0.15, -0.1) is 0 Å². The summed E-state index contributed by atoms with van der Waals surface area (Å²) in [5, 5.41) is 0. The monoisotopic (exact) mass is 671 g/mol. The highest BCUT2D eigenvalue weighted by Crippen LogP contribution is 2.52. The lowest BCUT2D eigenvalue weighted by molar-refractivity contribution is -0.0478. The molecule has 3 fully saturated rings. The predicted molar refractivity (Wildman–Crippen MR) is 153 cm³/mol. The number of aromatic nitrogens is 8. The number of ether oxygens (including phenoxy) is 2. The number of aromatic amines is 1. The molecule has 0 radical (unpaired) electrons. The summed E-state index contributed by atoms with van der Waals surface area (Å²) in [5.41, 5.74) is 11.9. The third kappa shape index (κ3) is 5.25. The maximum absolute atomic E-state index is 13.1. The van der Waals surface area contributed by atoms with Gasteiger partial charge in [0.15, 0.2) is 28.9 Å². The molecule has 44 heavy (non-hydrogen) atoms. The van der Waals surface area contributed by atoms with Gasteiger partial charge in [0.05, 0.1) is 25.4 Å². The molecule has 0 amide bonds. The average molecular weight is 672 g/mol. The molecule has 0 saturated carbocycles. The second-order valence-electron chi connectivity index (χ2n) is 10.4. The summed E-state index contributed by atoms with van der Waals surface area (Å²) >= 11 is 5.36. The van der Waals surface area contributed by atoms with Crippen LogP contribution in [0.25, 0.3) is 22.3 Å². The number of anilines is 2. The van der Waals surface area contributed by atoms with Gasteiger partial charge in [0.2, 0.25) is 5.95 Å². The Labute approximate surface area is 252 Å². The molecule has 236 valence electrons. The predicted octanol–water partition coefficient (Wildman–Crippen LogP) is -1.20. The van der Waals surface area contributed by atoms with Crippen molar-refractivity contribution in [2.24, 2.45) is 5.92 Å². The molecule has 2 unspecified atom stereocenters. The van der Waals surface area contributed by atoms with Crippen LogP contribution < -0.4 is 21.7 Å². The fourth-order valence-corrected chi connectivity index (χ4v) is 7.97. The number of nitrogens with one attached hydrogen (secondary N) is 2. The first-order valence-electron chi connectivity index (χ1n) is 13.2. The third-order valence-electron chi connectivity index (χ3n) is 7.67. The van der Waals surface area contributed by atoms with Gasteiger partial charge in [0.25, 0.3) is 5.56 Å². The quantitative estimate of drug-likeness (QED) is 0.156. The van der Waals surface area contributed by atoms with Crippen molar-refractivity contribution in [2.45, 2.75) is 50.2 Å². The van der Waals surface area contributed by atoms with E-state index < -0.39 is 65.4 Å². The number of fused-ring (bicyclic) bond motifs is 5. The number of hydrogen-bond donors (Lipinski definition) is 5. The maximum atomic E-state index is 13.1. The molecule has 7 N–H and O–H groups in total. The van der Waals surface area contributed by atoms with Gasteiger partial charge in [-0.25, -0.2) is 19.9 Å². The van der Waals surface area contributed by atoms with E-state index in [1.807, 2.05) is 0 Å². The first-order chi connectivity index (χ1) is 20.9. The molecule has 3 aliphatic heterocycles. The molecule has 20 nitrogen and oxygen atoms in total. The lowest BCUT2D eigenvalue weighted by Gasteiger charge is -2.27. The topological polar surface area (TPSA) is 272 Å². The van der Waals surface area contributed by atoms with Crippen molar-refractivity contribution in [1.82, 2.24) is 43.8 Å². The van der Waals surface area contributed by atoms with E-state index in [1.54, 1.807) is 11.5 Å². The lowest BCUT2D eigenvalue weighted by Crippen LogP contribution is -2.39. The number of H-pyrrole nitrogens is 1. The van der Waals surface area contributed by atoms with Crippen LogP contribution in [0.2, 0.25) is 0 Å². The Balaban J connectivity index is 1.19. The van der Waals surface area contributed by atoms with Gasteiger partial charge >= 0.3 is 17.0 Å². The number of nitrogens with zero attached hydrogens (tertiary/aromatic N) is 7. The van der Waals surface area contributed by atoms with Gasteiger partial charge in [-0.3, -0.25) is 23.1 Å². The van der Waals surface area contributed by atoms with Crippen LogP contribution in [0.1, 0.15) is 25.8 Å². The van der Waals surface area contributed by atoms with Crippen molar-refractivity contribution in [3.05, 3.63) is 29.3 Å². The largest absolute Gasteiger partial charge is 0.382 e. The van der Waals surface area contributed by atoms with Gasteiger partial charge in [0.1, 0.15) is 36.4 Å². The van der Waals surface area contributed by atoms with E-state index in [4.69, 9.17) is 46.0 Å². The number of nitrogens with two attached hydrogens (primary N) is 2. The number of imidazole rings is 2. The normalized spacial score (nSPS) is 34.4. The Kier molecular flexibility index (Phi) is 7.19. The number of rotatable bonds is 2. The van der Waals surface area contributed by atoms with Crippen LogP contribution in [0.5, 0.6) is 0 Å². The van der Waals surface area contributed by atoms with Crippen LogP contribution in [0, 0.1) is 5.92 Å². The summed E-state index contributed by atoms with van der Waals surface area (Å²) in [6, 6.07) is 0. The van der Waals surface area contributed by atoms with Crippen molar-refractivity contribution in [2.75, 3.05) is 24.6 Å². The highest BCUT2D eigenvalue weighted by atomic mass is 32.5. The molecule has 7 rings (SSSR count). The van der Waals surface area contributed by atoms with E-state index in [0.29, 0.717) is 11.2 Å². The van der Waals surface area contributed by atoms with E-state index in [2.05, 4.69) is 34.6 Å². The molecule has 7 heterocycles. The van der Waals surface area contributed by atoms with E-state index in [9.17, 15) is 18.1 Å². The second-order valence-corrected chi connectivity index (χ2v) is 14.6. The molecular formula is C21H26N11O9PS2. The van der Waals surface area contributed by atoms with Crippen molar-refractivity contribution < 1.29 is 36.0 Å². The van der Waals surface area contributed by atoms with E-state index >= 15 is 0 Å². The first-order valence-corrected chi connectivity index (χ1v) is 17.2. The second kappa shape index (κ2) is 10.7. The van der Waals surface area contributed by atoms with Crippen LogP contribution >= 0.6 is 6.72 Å². The Hall–Kier alpha value is -3.18. The molecule has 23 heteroatoms. The summed E-state index contributed by atoms with van der Waals surface area (Å²) in [4.78, 5) is 46.5. The van der Waals surface area contributed by atoms with E-state index in [-0.39, 0.29) is 42.5 Å². The zero-order valence-electron chi connectivity index (χ0n) is 22.7. The Morgan fingerprint density at radius 3 is 2.66 bits per heavy atom. The Bertz CT molecular complexity index is 1970. The standard InChI is InChI=1S/C21H26N11O9PS2/c1-8-10-3-28-44(35,36)41-9-2-12(31-6-26-13-16(22)24-5-25-17(13)31)38-11(9)4-37-42(34,43)40-15(8)20(39-10)32-7-27-14-18(32)29-21(23)30-19(14)33/h5-12,15,20,28H,2-4H2,1H3,(H,34,43)(H2,22,24,25)(H3,23,29,30,33)/t8-,9+,10-,11-,12?,15-,20-,42?/m1/s1. The minimum absolute atomic E-state index is 0.0142. The zero-order chi connectivity index (χ0) is 31.0. The van der Waals surface area contributed by atoms with Crippen molar-refractivity contribution in [1.29, 1.82) is 0 Å². The minimum Gasteiger partial charge on any atom is -0.382 e. The zero-order valence-corrected chi connectivity index (χ0v) is 25.2. The Morgan fingerprint density at radius 2 is 1.84 bits per heavy atom. The number of nitrogen functional groups attached to an aromatic ring is 2. The summed E-state index contributed by atoms with van der Waals surface area (Å²) < 4.78 is 61.1. The van der Waals surface area contributed by atoms with Crippen LogP contribution in [0.15, 0.2) is 23.8 Å². The van der Waals surface area contributed by atoms with Gasteiger partial charge < -0.3 is 34.9 Å². The fraction of sp³-hybridized carbons (Fsp3) is 0.524. The molecule has 4 aromatic heterocycles. The molecule has 8 atom stereocenters. The van der Waals surface area contributed by atoms with Crippen LogP contribution in [0.3, 0.4) is 0 Å². The molecule has 0 aromatic carbocycles. The molecule has 4 aromatic rings. The summed E-state index contributed by atoms with van der Waals surface area (Å²) in [6.07, 6.45) is -1.63. The fourth-order valence-electron chi connectivity index (χ4n) is 5.52.